The lowest BCUT2D eigenvalue weighted by Crippen LogP contribution is -2.42. The first-order valence-corrected chi connectivity index (χ1v) is 7.79. The zero-order valence-corrected chi connectivity index (χ0v) is 11.8. The van der Waals surface area contributed by atoms with Crippen LogP contribution in [0.15, 0.2) is 18.2 Å². The van der Waals surface area contributed by atoms with Crippen molar-refractivity contribution >= 4 is 0 Å². The fraction of sp³-hybridized carbons (Fsp3) is 0.647. The van der Waals surface area contributed by atoms with Gasteiger partial charge in [-0.25, -0.2) is 0 Å². The lowest BCUT2D eigenvalue weighted by atomic mass is 9.80. The summed E-state index contributed by atoms with van der Waals surface area (Å²) in [5.74, 6) is 1.03. The summed E-state index contributed by atoms with van der Waals surface area (Å²) in [6, 6.07) is 6.58. The fourth-order valence-electron chi connectivity index (χ4n) is 3.52. The average Bonchev–Trinajstić information content (AvgIpc) is 2.87. The Labute approximate surface area is 116 Å². The van der Waals surface area contributed by atoms with Gasteiger partial charge >= 0.3 is 0 Å². The Kier molecular flexibility index (Phi) is 3.79. The average molecular weight is 259 g/mol. The Morgan fingerprint density at radius 1 is 1.00 bits per heavy atom. The predicted octanol–water partition coefficient (Wildman–Crippen LogP) is 3.61. The topological polar surface area (TPSA) is 35.2 Å². The number of ether oxygens (including phenoxy) is 1. The molecule has 0 radical (unpaired) electrons. The molecule has 0 atom stereocenters. The lowest BCUT2D eigenvalue weighted by molar-refractivity contribution is 0.214. The van der Waals surface area contributed by atoms with Crippen molar-refractivity contribution in [3.63, 3.8) is 0 Å². The van der Waals surface area contributed by atoms with Crippen LogP contribution < -0.4 is 10.5 Å². The van der Waals surface area contributed by atoms with E-state index in [1.165, 1.54) is 62.5 Å². The van der Waals surface area contributed by atoms with E-state index in [2.05, 4.69) is 18.2 Å². The first-order chi connectivity index (χ1) is 9.25. The molecular formula is C17H25NO. The molecule has 104 valence electrons. The van der Waals surface area contributed by atoms with Crippen molar-refractivity contribution in [3.05, 3.63) is 29.3 Å². The Balaban J connectivity index is 1.52. The molecule has 1 aromatic carbocycles. The second-order valence-electron chi connectivity index (χ2n) is 6.31. The molecule has 2 nitrogen and oxygen atoms in total. The summed E-state index contributed by atoms with van der Waals surface area (Å²) in [6.07, 6.45) is 11.0. The molecule has 0 aromatic heterocycles. The molecule has 1 aromatic rings. The summed E-state index contributed by atoms with van der Waals surface area (Å²) < 4.78 is 5.92. The highest BCUT2D eigenvalue weighted by atomic mass is 16.5. The van der Waals surface area contributed by atoms with Crippen molar-refractivity contribution in [1.82, 2.24) is 0 Å². The summed E-state index contributed by atoms with van der Waals surface area (Å²) >= 11 is 0. The quantitative estimate of drug-likeness (QED) is 0.896. The monoisotopic (exact) mass is 259 g/mol. The van der Waals surface area contributed by atoms with Gasteiger partial charge in [0.25, 0.3) is 0 Å². The minimum Gasteiger partial charge on any atom is -0.494 e. The maximum Gasteiger partial charge on any atom is 0.119 e. The molecule has 1 fully saturated rings. The minimum atomic E-state index is 0.0367. The molecule has 2 N–H and O–H groups in total. The van der Waals surface area contributed by atoms with Gasteiger partial charge in [-0.15, -0.1) is 0 Å². The minimum absolute atomic E-state index is 0.0367. The predicted molar refractivity (Wildman–Crippen MR) is 78.6 cm³/mol. The number of benzene rings is 1. The summed E-state index contributed by atoms with van der Waals surface area (Å²) in [5, 5.41) is 0. The van der Waals surface area contributed by atoms with E-state index in [1.54, 1.807) is 0 Å². The maximum absolute atomic E-state index is 6.43. The van der Waals surface area contributed by atoms with Crippen LogP contribution in [-0.4, -0.2) is 12.1 Å². The molecule has 0 spiro atoms. The molecule has 0 amide bonds. The Morgan fingerprint density at radius 3 is 2.63 bits per heavy atom. The molecule has 0 saturated heterocycles. The summed E-state index contributed by atoms with van der Waals surface area (Å²) in [7, 11) is 0. The number of nitrogens with two attached hydrogens (primary N) is 1. The van der Waals surface area contributed by atoms with Gasteiger partial charge in [-0.05, 0) is 61.8 Å². The molecule has 2 aliphatic rings. The third-order valence-electron chi connectivity index (χ3n) is 4.79. The van der Waals surface area contributed by atoms with Gasteiger partial charge in [0, 0.05) is 5.54 Å². The van der Waals surface area contributed by atoms with E-state index < -0.39 is 0 Å². The molecule has 2 heteroatoms. The van der Waals surface area contributed by atoms with Crippen molar-refractivity contribution in [2.45, 2.75) is 63.3 Å². The van der Waals surface area contributed by atoms with E-state index in [4.69, 9.17) is 10.5 Å². The highest BCUT2D eigenvalue weighted by molar-refractivity contribution is 5.38. The standard InChI is InChI=1S/C17H25NO/c18-17(9-2-1-3-10-17)11-12-19-16-8-7-14-5-4-6-15(14)13-16/h7-8,13H,1-6,9-12,18H2. The summed E-state index contributed by atoms with van der Waals surface area (Å²) in [6.45, 7) is 0.759. The fourth-order valence-corrected chi connectivity index (χ4v) is 3.52. The normalized spacial score (nSPS) is 21.1. The van der Waals surface area contributed by atoms with Gasteiger partial charge in [-0.3, -0.25) is 0 Å². The van der Waals surface area contributed by atoms with Crippen LogP contribution in [-0.2, 0) is 12.8 Å². The second-order valence-corrected chi connectivity index (χ2v) is 6.31. The molecule has 0 heterocycles. The number of aryl methyl sites for hydroxylation is 2. The Hall–Kier alpha value is -1.02. The molecule has 3 rings (SSSR count). The van der Waals surface area contributed by atoms with Crippen LogP contribution in [0.3, 0.4) is 0 Å². The molecule has 0 bridgehead atoms. The van der Waals surface area contributed by atoms with E-state index in [9.17, 15) is 0 Å². The van der Waals surface area contributed by atoms with Crippen LogP contribution in [0.25, 0.3) is 0 Å². The zero-order valence-electron chi connectivity index (χ0n) is 11.8. The summed E-state index contributed by atoms with van der Waals surface area (Å²) in [4.78, 5) is 0. The van der Waals surface area contributed by atoms with Gasteiger partial charge < -0.3 is 10.5 Å². The van der Waals surface area contributed by atoms with E-state index in [-0.39, 0.29) is 5.54 Å². The zero-order chi connectivity index (χ0) is 13.1. The van der Waals surface area contributed by atoms with Gasteiger partial charge in [0.15, 0.2) is 0 Å². The first-order valence-electron chi connectivity index (χ1n) is 7.79. The van der Waals surface area contributed by atoms with E-state index in [1.807, 2.05) is 0 Å². The van der Waals surface area contributed by atoms with Gasteiger partial charge in [-0.2, -0.15) is 0 Å². The molecule has 0 aliphatic heterocycles. The molecule has 0 unspecified atom stereocenters. The number of rotatable bonds is 4. The number of fused-ring (bicyclic) bond motifs is 1. The molecular weight excluding hydrogens is 234 g/mol. The van der Waals surface area contributed by atoms with Crippen molar-refractivity contribution in [2.75, 3.05) is 6.61 Å². The van der Waals surface area contributed by atoms with Gasteiger partial charge in [-0.1, -0.05) is 25.3 Å². The van der Waals surface area contributed by atoms with Crippen molar-refractivity contribution in [2.24, 2.45) is 5.73 Å². The van der Waals surface area contributed by atoms with Crippen LogP contribution in [0.4, 0.5) is 0 Å². The van der Waals surface area contributed by atoms with Crippen LogP contribution in [0.2, 0.25) is 0 Å². The van der Waals surface area contributed by atoms with Crippen LogP contribution in [0, 0.1) is 0 Å². The lowest BCUT2D eigenvalue weighted by Gasteiger charge is -2.33. The van der Waals surface area contributed by atoms with E-state index >= 15 is 0 Å². The van der Waals surface area contributed by atoms with Crippen LogP contribution in [0.1, 0.15) is 56.1 Å². The van der Waals surface area contributed by atoms with Crippen molar-refractivity contribution in [3.8, 4) is 5.75 Å². The van der Waals surface area contributed by atoms with Gasteiger partial charge in [0.05, 0.1) is 6.61 Å². The highest BCUT2D eigenvalue weighted by Gasteiger charge is 2.27. The third-order valence-corrected chi connectivity index (χ3v) is 4.79. The maximum atomic E-state index is 6.43. The Bertz CT molecular complexity index is 435. The summed E-state index contributed by atoms with van der Waals surface area (Å²) in [5.41, 5.74) is 9.46. The second kappa shape index (κ2) is 5.54. The Morgan fingerprint density at radius 2 is 1.79 bits per heavy atom. The molecule has 2 aliphatic carbocycles. The highest BCUT2D eigenvalue weighted by Crippen LogP contribution is 2.29. The third kappa shape index (κ3) is 3.11. The van der Waals surface area contributed by atoms with Gasteiger partial charge in [0.1, 0.15) is 5.75 Å². The van der Waals surface area contributed by atoms with Gasteiger partial charge in [0.2, 0.25) is 0 Å². The first kappa shape index (κ1) is 13.0. The number of hydrogen-bond donors (Lipinski definition) is 1. The van der Waals surface area contributed by atoms with E-state index in [0.29, 0.717) is 0 Å². The SMILES string of the molecule is NC1(CCOc2ccc3c(c2)CCC3)CCCCC1. The number of hydrogen-bond acceptors (Lipinski definition) is 2. The molecule has 19 heavy (non-hydrogen) atoms. The van der Waals surface area contributed by atoms with E-state index in [0.717, 1.165) is 18.8 Å². The van der Waals surface area contributed by atoms with Crippen molar-refractivity contribution < 1.29 is 4.74 Å². The van der Waals surface area contributed by atoms with Crippen LogP contribution in [0.5, 0.6) is 5.75 Å². The van der Waals surface area contributed by atoms with Crippen LogP contribution >= 0.6 is 0 Å². The smallest absolute Gasteiger partial charge is 0.119 e. The largest absolute Gasteiger partial charge is 0.494 e. The van der Waals surface area contributed by atoms with Crippen molar-refractivity contribution in [1.29, 1.82) is 0 Å². The molecule has 1 saturated carbocycles.